The van der Waals surface area contributed by atoms with Gasteiger partial charge in [-0.05, 0) is 42.5 Å². The summed E-state index contributed by atoms with van der Waals surface area (Å²) in [5.74, 6) is 0.692. The van der Waals surface area contributed by atoms with E-state index in [-0.39, 0.29) is 17.9 Å². The Hall–Kier alpha value is -2.29. The van der Waals surface area contributed by atoms with Crippen molar-refractivity contribution in [2.24, 2.45) is 0 Å². The van der Waals surface area contributed by atoms with Gasteiger partial charge in [0.2, 0.25) is 0 Å². The van der Waals surface area contributed by atoms with Gasteiger partial charge in [-0.3, -0.25) is 4.79 Å². The second kappa shape index (κ2) is 6.86. The maximum atomic E-state index is 12.0. The van der Waals surface area contributed by atoms with Crippen molar-refractivity contribution >= 4 is 5.91 Å². The average Bonchev–Trinajstić information content (AvgIpc) is 3.40. The number of rotatable bonds is 7. The highest BCUT2D eigenvalue weighted by Gasteiger charge is 2.44. The number of aryl methyl sites for hydroxylation is 1. The molecule has 0 saturated heterocycles. The number of nitrogens with one attached hydrogen (secondary N) is 1. The Balaban J connectivity index is 1.48. The monoisotopic (exact) mass is 309 g/mol. The summed E-state index contributed by atoms with van der Waals surface area (Å²) in [5.41, 5.74) is 2.67. The van der Waals surface area contributed by atoms with Gasteiger partial charge in [0, 0.05) is 12.0 Å². The van der Waals surface area contributed by atoms with Crippen molar-refractivity contribution in [3.05, 3.63) is 65.7 Å². The molecule has 1 aliphatic rings. The molecule has 0 bridgehead atoms. The zero-order chi connectivity index (χ0) is 16.1. The molecular formula is C20H23NO2. The summed E-state index contributed by atoms with van der Waals surface area (Å²) < 4.78 is 5.59. The van der Waals surface area contributed by atoms with Crippen LogP contribution in [0.5, 0.6) is 5.75 Å². The summed E-state index contributed by atoms with van der Waals surface area (Å²) in [6.07, 6.45) is 3.23. The van der Waals surface area contributed by atoms with Crippen LogP contribution in [0.1, 0.15) is 30.9 Å². The molecule has 0 aliphatic heterocycles. The summed E-state index contributed by atoms with van der Waals surface area (Å²) in [6, 6.07) is 18.3. The van der Waals surface area contributed by atoms with Crippen molar-refractivity contribution in [3.63, 3.8) is 0 Å². The first kappa shape index (κ1) is 15.6. The third kappa shape index (κ3) is 3.92. The van der Waals surface area contributed by atoms with Gasteiger partial charge in [0.25, 0.3) is 5.91 Å². The molecule has 2 aromatic carbocycles. The van der Waals surface area contributed by atoms with Crippen LogP contribution in [0.3, 0.4) is 0 Å². The summed E-state index contributed by atoms with van der Waals surface area (Å²) in [7, 11) is 0. The number of carbonyl (C=O) groups excluding carboxylic acids is 1. The van der Waals surface area contributed by atoms with E-state index >= 15 is 0 Å². The van der Waals surface area contributed by atoms with Crippen LogP contribution < -0.4 is 10.1 Å². The van der Waals surface area contributed by atoms with Crippen molar-refractivity contribution in [1.29, 1.82) is 0 Å². The Morgan fingerprint density at radius 3 is 2.61 bits per heavy atom. The Kier molecular flexibility index (Phi) is 4.65. The van der Waals surface area contributed by atoms with Gasteiger partial charge in [-0.15, -0.1) is 0 Å². The van der Waals surface area contributed by atoms with Gasteiger partial charge >= 0.3 is 0 Å². The molecule has 2 aromatic rings. The SMILES string of the molecule is CCc1cccc(OCC(=O)NCC2(c3ccccc3)CC2)c1. The smallest absolute Gasteiger partial charge is 0.257 e. The molecule has 1 N–H and O–H groups in total. The molecule has 3 rings (SSSR count). The van der Waals surface area contributed by atoms with Gasteiger partial charge in [-0.25, -0.2) is 0 Å². The van der Waals surface area contributed by atoms with Crippen molar-refractivity contribution in [2.75, 3.05) is 13.2 Å². The molecule has 0 atom stereocenters. The number of ether oxygens (including phenoxy) is 1. The summed E-state index contributed by atoms with van der Waals surface area (Å²) in [6.45, 7) is 2.86. The van der Waals surface area contributed by atoms with Crippen LogP contribution in [0, 0.1) is 0 Å². The highest BCUT2D eigenvalue weighted by Crippen LogP contribution is 2.47. The Labute approximate surface area is 137 Å². The molecule has 3 heteroatoms. The molecule has 0 heterocycles. The molecule has 0 spiro atoms. The Morgan fingerprint density at radius 1 is 1.13 bits per heavy atom. The van der Waals surface area contributed by atoms with Gasteiger partial charge in [-0.1, -0.05) is 49.4 Å². The molecule has 1 aliphatic carbocycles. The maximum Gasteiger partial charge on any atom is 0.257 e. The minimum atomic E-state index is -0.0610. The van der Waals surface area contributed by atoms with E-state index in [1.807, 2.05) is 24.3 Å². The molecule has 0 aromatic heterocycles. The van der Waals surface area contributed by atoms with Gasteiger partial charge in [0.05, 0.1) is 0 Å². The predicted molar refractivity (Wildman–Crippen MR) is 91.7 cm³/mol. The highest BCUT2D eigenvalue weighted by atomic mass is 16.5. The van der Waals surface area contributed by atoms with E-state index in [4.69, 9.17) is 4.74 Å². The van der Waals surface area contributed by atoms with Crippen LogP contribution in [-0.2, 0) is 16.6 Å². The number of amides is 1. The molecule has 23 heavy (non-hydrogen) atoms. The lowest BCUT2D eigenvalue weighted by Gasteiger charge is -2.16. The van der Waals surface area contributed by atoms with Crippen LogP contribution in [0.4, 0.5) is 0 Å². The first-order chi connectivity index (χ1) is 11.2. The van der Waals surface area contributed by atoms with Crippen molar-refractivity contribution in [3.8, 4) is 5.75 Å². The van der Waals surface area contributed by atoms with Crippen LogP contribution in [0.15, 0.2) is 54.6 Å². The first-order valence-corrected chi connectivity index (χ1v) is 8.26. The van der Waals surface area contributed by atoms with Gasteiger partial charge < -0.3 is 10.1 Å². The summed E-state index contributed by atoms with van der Waals surface area (Å²) in [4.78, 5) is 12.0. The number of carbonyl (C=O) groups is 1. The van der Waals surface area contributed by atoms with E-state index in [2.05, 4.69) is 42.6 Å². The number of hydrogen-bond donors (Lipinski definition) is 1. The summed E-state index contributed by atoms with van der Waals surface area (Å²) in [5, 5.41) is 3.02. The van der Waals surface area contributed by atoms with E-state index in [0.717, 1.165) is 25.0 Å². The molecule has 1 fully saturated rings. The maximum absolute atomic E-state index is 12.0. The quantitative estimate of drug-likeness (QED) is 0.850. The van der Waals surface area contributed by atoms with Gasteiger partial charge in [0.1, 0.15) is 5.75 Å². The van der Waals surface area contributed by atoms with E-state index in [1.54, 1.807) is 0 Å². The molecule has 1 saturated carbocycles. The third-order valence-corrected chi connectivity index (χ3v) is 4.54. The molecule has 0 unspecified atom stereocenters. The zero-order valence-corrected chi connectivity index (χ0v) is 13.5. The lowest BCUT2D eigenvalue weighted by atomic mass is 9.96. The largest absolute Gasteiger partial charge is 0.484 e. The lowest BCUT2D eigenvalue weighted by Crippen LogP contribution is -2.35. The predicted octanol–water partition coefficient (Wildman–Crippen LogP) is 3.48. The highest BCUT2D eigenvalue weighted by molar-refractivity contribution is 5.77. The normalized spacial score (nSPS) is 15.0. The fourth-order valence-corrected chi connectivity index (χ4v) is 2.83. The second-order valence-electron chi connectivity index (χ2n) is 6.21. The lowest BCUT2D eigenvalue weighted by molar-refractivity contribution is -0.123. The van der Waals surface area contributed by atoms with Crippen LogP contribution in [0.25, 0.3) is 0 Å². The number of hydrogen-bond acceptors (Lipinski definition) is 2. The molecule has 120 valence electrons. The molecular weight excluding hydrogens is 286 g/mol. The van der Waals surface area contributed by atoms with Gasteiger partial charge in [-0.2, -0.15) is 0 Å². The molecule has 0 radical (unpaired) electrons. The Morgan fingerprint density at radius 2 is 1.91 bits per heavy atom. The van der Waals surface area contributed by atoms with E-state index in [0.29, 0.717) is 6.54 Å². The Bertz CT molecular complexity index is 662. The van der Waals surface area contributed by atoms with Crippen molar-refractivity contribution in [1.82, 2.24) is 5.32 Å². The van der Waals surface area contributed by atoms with Crippen molar-refractivity contribution < 1.29 is 9.53 Å². The first-order valence-electron chi connectivity index (χ1n) is 8.26. The molecule has 3 nitrogen and oxygen atoms in total. The minimum Gasteiger partial charge on any atom is -0.484 e. The van der Waals surface area contributed by atoms with Crippen molar-refractivity contribution in [2.45, 2.75) is 31.6 Å². The van der Waals surface area contributed by atoms with E-state index in [1.165, 1.54) is 11.1 Å². The average molecular weight is 309 g/mol. The number of benzene rings is 2. The minimum absolute atomic E-state index is 0.0610. The standard InChI is InChI=1S/C20H23NO2/c1-2-16-7-6-10-18(13-16)23-14-19(22)21-15-20(11-12-20)17-8-4-3-5-9-17/h3-10,13H,2,11-12,14-15H2,1H3,(H,21,22). The fraction of sp³-hybridized carbons (Fsp3) is 0.350. The zero-order valence-electron chi connectivity index (χ0n) is 13.5. The van der Waals surface area contributed by atoms with Gasteiger partial charge in [0.15, 0.2) is 6.61 Å². The van der Waals surface area contributed by atoms with E-state index < -0.39 is 0 Å². The van der Waals surface area contributed by atoms with Crippen LogP contribution >= 0.6 is 0 Å². The fourth-order valence-electron chi connectivity index (χ4n) is 2.83. The third-order valence-electron chi connectivity index (χ3n) is 4.54. The topological polar surface area (TPSA) is 38.3 Å². The second-order valence-corrected chi connectivity index (χ2v) is 6.21. The molecule has 1 amide bonds. The van der Waals surface area contributed by atoms with Crippen LogP contribution in [0.2, 0.25) is 0 Å². The summed E-state index contributed by atoms with van der Waals surface area (Å²) >= 11 is 0. The van der Waals surface area contributed by atoms with E-state index in [9.17, 15) is 4.79 Å². The van der Waals surface area contributed by atoms with Crippen LogP contribution in [-0.4, -0.2) is 19.1 Å².